The summed E-state index contributed by atoms with van der Waals surface area (Å²) >= 11 is 0. The number of hydrogen-bond acceptors (Lipinski definition) is 5. The molecule has 0 spiro atoms. The number of rotatable bonds is 5. The predicted molar refractivity (Wildman–Crippen MR) is 100 cm³/mol. The normalized spacial score (nSPS) is 11.7. The molecule has 1 atom stereocenters. The molecule has 3 rings (SSSR count). The van der Waals surface area contributed by atoms with Gasteiger partial charge in [0, 0.05) is 16.8 Å². The van der Waals surface area contributed by atoms with E-state index >= 15 is 0 Å². The predicted octanol–water partition coefficient (Wildman–Crippen LogP) is 3.43. The maximum absolute atomic E-state index is 12.5. The topological polar surface area (TPSA) is 97.1 Å². The third-order valence-corrected chi connectivity index (χ3v) is 4.05. The van der Waals surface area contributed by atoms with Gasteiger partial charge in [-0.05, 0) is 50.6 Å². The quantitative estimate of drug-likeness (QED) is 0.723. The van der Waals surface area contributed by atoms with Gasteiger partial charge in [-0.25, -0.2) is 0 Å². The van der Waals surface area contributed by atoms with E-state index in [1.165, 1.54) is 0 Å². The fourth-order valence-electron chi connectivity index (χ4n) is 2.51. The minimum Gasteiger partial charge on any atom is -0.341 e. The Labute approximate surface area is 156 Å². The standard InChI is InChI=1S/C20H20N4O3/c1-12-9-10-16(19(26)21-13(2)20-22-14(3)24-27-20)11-17(12)23-18(25)15-7-5-4-6-8-15/h4-11,13H,1-3H3,(H,21,26)(H,23,25). The second-order valence-electron chi connectivity index (χ2n) is 6.22. The van der Waals surface area contributed by atoms with Gasteiger partial charge < -0.3 is 15.2 Å². The zero-order chi connectivity index (χ0) is 19.4. The molecule has 3 aromatic rings. The van der Waals surface area contributed by atoms with Crippen molar-refractivity contribution in [1.82, 2.24) is 15.5 Å². The van der Waals surface area contributed by atoms with Crippen molar-refractivity contribution < 1.29 is 14.1 Å². The van der Waals surface area contributed by atoms with Gasteiger partial charge in [-0.3, -0.25) is 9.59 Å². The molecular formula is C20H20N4O3. The molecule has 7 nitrogen and oxygen atoms in total. The molecule has 1 unspecified atom stereocenters. The van der Waals surface area contributed by atoms with Crippen LogP contribution in [0, 0.1) is 13.8 Å². The molecule has 7 heteroatoms. The van der Waals surface area contributed by atoms with Crippen LogP contribution in [0.15, 0.2) is 53.1 Å². The van der Waals surface area contributed by atoms with Gasteiger partial charge in [0.2, 0.25) is 5.89 Å². The number of benzene rings is 2. The molecule has 0 radical (unpaired) electrons. The summed E-state index contributed by atoms with van der Waals surface area (Å²) in [5.41, 5.74) is 2.41. The summed E-state index contributed by atoms with van der Waals surface area (Å²) in [6.45, 7) is 5.34. The van der Waals surface area contributed by atoms with Crippen LogP contribution in [0.1, 0.15) is 51.0 Å². The zero-order valence-electron chi connectivity index (χ0n) is 15.3. The van der Waals surface area contributed by atoms with Gasteiger partial charge in [-0.15, -0.1) is 0 Å². The summed E-state index contributed by atoms with van der Waals surface area (Å²) in [5.74, 6) is 0.317. The molecule has 2 amide bonds. The summed E-state index contributed by atoms with van der Waals surface area (Å²) in [5, 5.41) is 9.38. The minimum atomic E-state index is -0.428. The number of nitrogens with zero attached hydrogens (tertiary/aromatic N) is 2. The molecule has 1 aromatic heterocycles. The van der Waals surface area contributed by atoms with Crippen LogP contribution in [-0.4, -0.2) is 22.0 Å². The average molecular weight is 364 g/mol. The van der Waals surface area contributed by atoms with Gasteiger partial charge in [0.1, 0.15) is 6.04 Å². The highest BCUT2D eigenvalue weighted by Gasteiger charge is 2.17. The largest absolute Gasteiger partial charge is 0.341 e. The van der Waals surface area contributed by atoms with Gasteiger partial charge in [0.05, 0.1) is 0 Å². The zero-order valence-corrected chi connectivity index (χ0v) is 15.3. The molecule has 0 saturated carbocycles. The van der Waals surface area contributed by atoms with Crippen molar-refractivity contribution in [1.29, 1.82) is 0 Å². The van der Waals surface area contributed by atoms with Crippen LogP contribution < -0.4 is 10.6 Å². The molecule has 27 heavy (non-hydrogen) atoms. The van der Waals surface area contributed by atoms with Crippen molar-refractivity contribution in [3.63, 3.8) is 0 Å². The molecular weight excluding hydrogens is 344 g/mol. The fraction of sp³-hybridized carbons (Fsp3) is 0.200. The molecule has 0 bridgehead atoms. The second kappa shape index (κ2) is 7.82. The van der Waals surface area contributed by atoms with E-state index in [0.717, 1.165) is 5.56 Å². The Morgan fingerprint density at radius 3 is 2.41 bits per heavy atom. The summed E-state index contributed by atoms with van der Waals surface area (Å²) in [6, 6.07) is 13.6. The van der Waals surface area contributed by atoms with Crippen molar-refractivity contribution >= 4 is 17.5 Å². The van der Waals surface area contributed by atoms with Gasteiger partial charge >= 0.3 is 0 Å². The highest BCUT2D eigenvalue weighted by atomic mass is 16.5. The highest BCUT2D eigenvalue weighted by Crippen LogP contribution is 2.19. The summed E-state index contributed by atoms with van der Waals surface area (Å²) in [7, 11) is 0. The van der Waals surface area contributed by atoms with E-state index < -0.39 is 6.04 Å². The molecule has 0 saturated heterocycles. The van der Waals surface area contributed by atoms with Crippen LogP contribution >= 0.6 is 0 Å². The molecule has 0 aliphatic heterocycles. The van der Waals surface area contributed by atoms with E-state index in [1.807, 2.05) is 13.0 Å². The van der Waals surface area contributed by atoms with Crippen molar-refractivity contribution in [2.75, 3.05) is 5.32 Å². The van der Waals surface area contributed by atoms with Crippen LogP contribution in [0.3, 0.4) is 0 Å². The van der Waals surface area contributed by atoms with Gasteiger partial charge in [0.25, 0.3) is 11.8 Å². The molecule has 138 valence electrons. The maximum Gasteiger partial charge on any atom is 0.255 e. The lowest BCUT2D eigenvalue weighted by molar-refractivity contribution is 0.0931. The van der Waals surface area contributed by atoms with E-state index in [-0.39, 0.29) is 11.8 Å². The number of anilines is 1. The summed E-state index contributed by atoms with van der Waals surface area (Å²) < 4.78 is 5.07. The first-order valence-corrected chi connectivity index (χ1v) is 8.52. The van der Waals surface area contributed by atoms with Crippen LogP contribution in [0.2, 0.25) is 0 Å². The Hall–Kier alpha value is -3.48. The maximum atomic E-state index is 12.5. The lowest BCUT2D eigenvalue weighted by Crippen LogP contribution is -2.27. The molecule has 0 fully saturated rings. The third-order valence-electron chi connectivity index (χ3n) is 4.05. The summed E-state index contributed by atoms with van der Waals surface area (Å²) in [6.07, 6.45) is 0. The molecule has 2 aromatic carbocycles. The number of aryl methyl sites for hydroxylation is 2. The molecule has 0 aliphatic carbocycles. The SMILES string of the molecule is Cc1noc(C(C)NC(=O)c2ccc(C)c(NC(=O)c3ccccc3)c2)n1. The fourth-order valence-corrected chi connectivity index (χ4v) is 2.51. The number of nitrogens with one attached hydrogen (secondary N) is 2. The van der Waals surface area contributed by atoms with Crippen molar-refractivity contribution in [2.24, 2.45) is 0 Å². The summed E-state index contributed by atoms with van der Waals surface area (Å²) in [4.78, 5) is 29.0. The number of aromatic nitrogens is 2. The van der Waals surface area contributed by atoms with Crippen molar-refractivity contribution in [3.05, 3.63) is 76.9 Å². The Balaban J connectivity index is 1.74. The molecule has 2 N–H and O–H groups in total. The third kappa shape index (κ3) is 4.38. The monoisotopic (exact) mass is 364 g/mol. The average Bonchev–Trinajstić information content (AvgIpc) is 3.10. The van der Waals surface area contributed by atoms with E-state index in [2.05, 4.69) is 20.8 Å². The van der Waals surface area contributed by atoms with Crippen LogP contribution in [0.5, 0.6) is 0 Å². The Morgan fingerprint density at radius 2 is 1.74 bits per heavy atom. The first kappa shape index (κ1) is 18.3. The van der Waals surface area contributed by atoms with E-state index in [9.17, 15) is 9.59 Å². The number of carbonyl (C=O) groups excluding carboxylic acids is 2. The van der Waals surface area contributed by atoms with Crippen LogP contribution in [0.25, 0.3) is 0 Å². The van der Waals surface area contributed by atoms with Gasteiger partial charge in [-0.2, -0.15) is 4.98 Å². The van der Waals surface area contributed by atoms with Gasteiger partial charge in [-0.1, -0.05) is 29.4 Å². The number of hydrogen-bond donors (Lipinski definition) is 2. The highest BCUT2D eigenvalue weighted by molar-refractivity contribution is 6.05. The van der Waals surface area contributed by atoms with Crippen molar-refractivity contribution in [2.45, 2.75) is 26.8 Å². The smallest absolute Gasteiger partial charge is 0.255 e. The first-order chi connectivity index (χ1) is 12.9. The Bertz CT molecular complexity index is 966. The van der Waals surface area contributed by atoms with E-state index in [4.69, 9.17) is 4.52 Å². The minimum absolute atomic E-state index is 0.231. The van der Waals surface area contributed by atoms with E-state index in [1.54, 1.807) is 56.3 Å². The Kier molecular flexibility index (Phi) is 5.30. The number of carbonyl (C=O) groups is 2. The Morgan fingerprint density at radius 1 is 1.00 bits per heavy atom. The first-order valence-electron chi connectivity index (χ1n) is 8.52. The van der Waals surface area contributed by atoms with Crippen LogP contribution in [0.4, 0.5) is 5.69 Å². The van der Waals surface area contributed by atoms with E-state index in [0.29, 0.717) is 28.5 Å². The lowest BCUT2D eigenvalue weighted by Gasteiger charge is -2.13. The number of amides is 2. The van der Waals surface area contributed by atoms with Gasteiger partial charge in [0.15, 0.2) is 5.82 Å². The van der Waals surface area contributed by atoms with Crippen LogP contribution in [-0.2, 0) is 0 Å². The van der Waals surface area contributed by atoms with Crippen molar-refractivity contribution in [3.8, 4) is 0 Å². The molecule has 1 heterocycles. The second-order valence-corrected chi connectivity index (χ2v) is 6.22. The lowest BCUT2D eigenvalue weighted by atomic mass is 10.1. The molecule has 0 aliphatic rings.